The minimum Gasteiger partial charge on any atom is -0.399 e. The van der Waals surface area contributed by atoms with Gasteiger partial charge in [-0.1, -0.05) is 0 Å². The van der Waals surface area contributed by atoms with Crippen LogP contribution in [0.25, 0.3) is 0 Å². The Morgan fingerprint density at radius 2 is 1.08 bits per heavy atom. The summed E-state index contributed by atoms with van der Waals surface area (Å²) in [4.78, 5) is 0. The average Bonchev–Trinajstić information content (AvgIpc) is 2.93. The fraction of sp³-hybridized carbons (Fsp3) is 0.765. The lowest BCUT2D eigenvalue weighted by molar-refractivity contribution is 0.00578. The van der Waals surface area contributed by atoms with Crippen molar-refractivity contribution < 1.29 is 18.6 Å². The Hall–Kier alpha value is -0.330. The van der Waals surface area contributed by atoms with Crippen LogP contribution in [0.4, 0.5) is 0 Å². The molecule has 0 N–H and O–H groups in total. The van der Waals surface area contributed by atoms with E-state index in [1.54, 1.807) is 11.3 Å². The average molecular weight is 350 g/mol. The van der Waals surface area contributed by atoms with Crippen molar-refractivity contribution >= 4 is 35.1 Å². The van der Waals surface area contributed by atoms with Crippen molar-refractivity contribution in [2.75, 3.05) is 0 Å². The van der Waals surface area contributed by atoms with Crippen LogP contribution in [0.1, 0.15) is 61.0 Å². The lowest BCUT2D eigenvalue weighted by Crippen LogP contribution is -2.41. The number of thiophene rings is 1. The van der Waals surface area contributed by atoms with Crippen LogP contribution in [0.15, 0.2) is 6.07 Å². The molecule has 1 aromatic heterocycles. The van der Waals surface area contributed by atoms with Crippen molar-refractivity contribution in [2.45, 2.75) is 84.7 Å². The maximum Gasteiger partial charge on any atom is 0.505 e. The second kappa shape index (κ2) is 5.33. The summed E-state index contributed by atoms with van der Waals surface area (Å²) in [6.07, 6.45) is 0. The predicted molar refractivity (Wildman–Crippen MR) is 100 cm³/mol. The van der Waals surface area contributed by atoms with E-state index in [2.05, 4.69) is 68.4 Å². The summed E-state index contributed by atoms with van der Waals surface area (Å²) in [6, 6.07) is 2.13. The highest BCUT2D eigenvalue weighted by Crippen LogP contribution is 2.38. The molecule has 2 aliphatic rings. The van der Waals surface area contributed by atoms with Gasteiger partial charge in [0.1, 0.15) is 0 Å². The van der Waals surface area contributed by atoms with E-state index in [-0.39, 0.29) is 36.6 Å². The molecule has 0 aromatic carbocycles. The highest BCUT2D eigenvalue weighted by atomic mass is 32.1. The lowest BCUT2D eigenvalue weighted by Gasteiger charge is -2.32. The van der Waals surface area contributed by atoms with Crippen molar-refractivity contribution in [1.29, 1.82) is 0 Å². The summed E-state index contributed by atoms with van der Waals surface area (Å²) in [7, 11) is -0.675. The molecule has 0 spiro atoms. The molecule has 132 valence electrons. The number of hydrogen-bond donors (Lipinski definition) is 0. The molecule has 3 rings (SSSR count). The van der Waals surface area contributed by atoms with E-state index in [4.69, 9.17) is 18.6 Å². The van der Waals surface area contributed by atoms with Crippen LogP contribution in [0.3, 0.4) is 0 Å². The molecule has 3 heterocycles. The molecule has 0 aliphatic carbocycles. The Bertz CT molecular complexity index is 619. The molecule has 0 amide bonds. The van der Waals surface area contributed by atoms with Gasteiger partial charge in [0.25, 0.3) is 0 Å². The molecule has 2 fully saturated rings. The first-order chi connectivity index (χ1) is 10.8. The molecule has 2 saturated heterocycles. The largest absolute Gasteiger partial charge is 0.505 e. The van der Waals surface area contributed by atoms with Crippen LogP contribution in [0.2, 0.25) is 0 Å². The molecule has 7 heteroatoms. The van der Waals surface area contributed by atoms with Gasteiger partial charge in [0, 0.05) is 9.55 Å². The van der Waals surface area contributed by atoms with Crippen LogP contribution in [0.5, 0.6) is 0 Å². The number of aryl methyl sites for hydroxylation is 1. The van der Waals surface area contributed by atoms with Gasteiger partial charge < -0.3 is 18.6 Å². The SMILES string of the molecule is Cc1cc(B2OC(C)(C)C(C)(C)O2)sc1B1OC(C)(C)C(C)(C)O1. The first-order valence-corrected chi connectivity index (χ1v) is 9.39. The first-order valence-electron chi connectivity index (χ1n) is 8.57. The normalized spacial score (nSPS) is 27.0. The number of rotatable bonds is 2. The van der Waals surface area contributed by atoms with Crippen LogP contribution in [-0.2, 0) is 18.6 Å². The summed E-state index contributed by atoms with van der Waals surface area (Å²) in [5, 5.41) is 0. The third-order valence-electron chi connectivity index (χ3n) is 5.93. The van der Waals surface area contributed by atoms with Gasteiger partial charge in [-0.3, -0.25) is 0 Å². The van der Waals surface area contributed by atoms with Gasteiger partial charge in [-0.2, -0.15) is 11.3 Å². The maximum absolute atomic E-state index is 6.20. The molecule has 0 saturated carbocycles. The molecule has 24 heavy (non-hydrogen) atoms. The van der Waals surface area contributed by atoms with E-state index in [0.717, 1.165) is 15.1 Å². The van der Waals surface area contributed by atoms with Crippen LogP contribution >= 0.6 is 11.3 Å². The van der Waals surface area contributed by atoms with Gasteiger partial charge in [-0.05, 0) is 73.9 Å². The number of hydrogen-bond acceptors (Lipinski definition) is 5. The van der Waals surface area contributed by atoms with E-state index in [1.165, 1.54) is 0 Å². The first kappa shape index (κ1) is 18.5. The Morgan fingerprint density at radius 3 is 1.50 bits per heavy atom. The maximum atomic E-state index is 6.20. The quantitative estimate of drug-likeness (QED) is 0.769. The second-order valence-electron chi connectivity index (χ2n) is 8.87. The lowest BCUT2D eigenvalue weighted by atomic mass is 9.83. The Balaban J connectivity index is 1.85. The van der Waals surface area contributed by atoms with Crippen molar-refractivity contribution in [3.63, 3.8) is 0 Å². The van der Waals surface area contributed by atoms with E-state index >= 15 is 0 Å². The van der Waals surface area contributed by atoms with Crippen LogP contribution in [-0.4, -0.2) is 36.6 Å². The Labute approximate surface area is 150 Å². The van der Waals surface area contributed by atoms with E-state index in [9.17, 15) is 0 Å². The van der Waals surface area contributed by atoms with Crippen molar-refractivity contribution in [2.24, 2.45) is 0 Å². The van der Waals surface area contributed by atoms with E-state index < -0.39 is 0 Å². The summed E-state index contributed by atoms with van der Waals surface area (Å²) in [5.74, 6) is 0. The molecule has 0 atom stereocenters. The molecular formula is C17H28B2O4S. The Kier molecular flexibility index (Phi) is 4.10. The van der Waals surface area contributed by atoms with Gasteiger partial charge >= 0.3 is 14.2 Å². The zero-order chi connectivity index (χ0) is 18.1. The highest BCUT2D eigenvalue weighted by Gasteiger charge is 2.55. The Morgan fingerprint density at radius 1 is 0.708 bits per heavy atom. The topological polar surface area (TPSA) is 36.9 Å². The zero-order valence-corrected chi connectivity index (χ0v) is 17.1. The summed E-state index contributed by atoms with van der Waals surface area (Å²) in [5.41, 5.74) is -0.180. The standard InChI is InChI=1S/C17H28B2O4S/c1-11-10-12(18-20-14(2,3)15(4,5)21-18)24-13(11)19-22-16(6,7)17(8,9)23-19/h10H,1-9H3. The van der Waals surface area contributed by atoms with Gasteiger partial charge in [-0.15, -0.1) is 0 Å². The van der Waals surface area contributed by atoms with Crippen molar-refractivity contribution in [3.05, 3.63) is 11.6 Å². The van der Waals surface area contributed by atoms with E-state index in [0.29, 0.717) is 0 Å². The van der Waals surface area contributed by atoms with E-state index in [1.807, 2.05) is 0 Å². The molecule has 0 radical (unpaired) electrons. The third kappa shape index (κ3) is 2.78. The predicted octanol–water partition coefficient (Wildman–Crippen LogP) is 2.65. The third-order valence-corrected chi connectivity index (χ3v) is 7.21. The van der Waals surface area contributed by atoms with Gasteiger partial charge in [0.15, 0.2) is 0 Å². The zero-order valence-electron chi connectivity index (χ0n) is 16.3. The second-order valence-corrected chi connectivity index (χ2v) is 9.99. The fourth-order valence-electron chi connectivity index (χ4n) is 2.78. The fourth-order valence-corrected chi connectivity index (χ4v) is 3.88. The van der Waals surface area contributed by atoms with Crippen molar-refractivity contribution in [3.8, 4) is 0 Å². The minimum atomic E-state index is -0.338. The van der Waals surface area contributed by atoms with Crippen molar-refractivity contribution in [1.82, 2.24) is 0 Å². The monoisotopic (exact) mass is 350 g/mol. The summed E-state index contributed by atoms with van der Waals surface area (Å²) >= 11 is 1.66. The van der Waals surface area contributed by atoms with Crippen LogP contribution < -0.4 is 9.55 Å². The smallest absolute Gasteiger partial charge is 0.399 e. The van der Waals surface area contributed by atoms with Gasteiger partial charge in [-0.25, -0.2) is 0 Å². The highest BCUT2D eigenvalue weighted by molar-refractivity contribution is 7.30. The molecule has 0 bridgehead atoms. The molecule has 0 unspecified atom stereocenters. The molecule has 2 aliphatic heterocycles. The molecule has 4 nitrogen and oxygen atoms in total. The van der Waals surface area contributed by atoms with Gasteiger partial charge in [0.2, 0.25) is 0 Å². The summed E-state index contributed by atoms with van der Waals surface area (Å²) in [6.45, 7) is 18.7. The van der Waals surface area contributed by atoms with Crippen LogP contribution in [0, 0.1) is 6.92 Å². The molecule has 1 aromatic rings. The van der Waals surface area contributed by atoms with Gasteiger partial charge in [0.05, 0.1) is 22.4 Å². The molecular weight excluding hydrogens is 322 g/mol. The minimum absolute atomic E-state index is 0.333. The summed E-state index contributed by atoms with van der Waals surface area (Å²) < 4.78 is 26.9.